The molecule has 0 saturated carbocycles. The molecule has 21 heavy (non-hydrogen) atoms. The van der Waals surface area contributed by atoms with Crippen LogP contribution in [0.15, 0.2) is 36.5 Å². The molecule has 5 nitrogen and oxygen atoms in total. The van der Waals surface area contributed by atoms with Crippen molar-refractivity contribution in [3.63, 3.8) is 0 Å². The largest absolute Gasteiger partial charge is 0.325 e. The predicted octanol–water partition coefficient (Wildman–Crippen LogP) is 2.40. The van der Waals surface area contributed by atoms with Gasteiger partial charge in [0.2, 0.25) is 5.91 Å². The average Bonchev–Trinajstić information content (AvgIpc) is 3.02. The van der Waals surface area contributed by atoms with E-state index in [1.165, 1.54) is 0 Å². The molecule has 1 aromatic carbocycles. The topological polar surface area (TPSA) is 69.8 Å². The van der Waals surface area contributed by atoms with E-state index in [-0.39, 0.29) is 11.9 Å². The maximum atomic E-state index is 12.3. The van der Waals surface area contributed by atoms with Crippen molar-refractivity contribution in [2.24, 2.45) is 5.92 Å². The number of nitrogens with zero attached hydrogens (tertiary/aromatic N) is 1. The molecule has 2 unspecified atom stereocenters. The fourth-order valence-electron chi connectivity index (χ4n) is 2.77. The van der Waals surface area contributed by atoms with Gasteiger partial charge in [-0.3, -0.25) is 9.89 Å². The number of carbonyl (C=O) groups is 1. The standard InChI is InChI=1S/C16H20N4O/c1-11-3-2-9-17-15(11)16(21)19-13-6-4-12(5-7-13)14-8-10-18-20-14/h4-8,10-11,15,17H,2-3,9H2,1H3,(H,18,20)(H,19,21). The van der Waals surface area contributed by atoms with E-state index in [2.05, 4.69) is 27.8 Å². The van der Waals surface area contributed by atoms with Crippen LogP contribution in [0.3, 0.4) is 0 Å². The Morgan fingerprint density at radius 3 is 2.76 bits per heavy atom. The molecule has 3 N–H and O–H groups in total. The molecule has 1 aliphatic rings. The number of anilines is 1. The molecule has 5 heteroatoms. The fraction of sp³-hybridized carbons (Fsp3) is 0.375. The molecule has 1 fully saturated rings. The van der Waals surface area contributed by atoms with Crippen molar-refractivity contribution in [2.75, 3.05) is 11.9 Å². The monoisotopic (exact) mass is 284 g/mol. The first-order valence-electron chi connectivity index (χ1n) is 7.38. The summed E-state index contributed by atoms with van der Waals surface area (Å²) in [7, 11) is 0. The number of hydrogen-bond acceptors (Lipinski definition) is 3. The van der Waals surface area contributed by atoms with Crippen molar-refractivity contribution in [1.29, 1.82) is 0 Å². The molecule has 3 rings (SSSR count). The van der Waals surface area contributed by atoms with Crippen molar-refractivity contribution in [3.05, 3.63) is 36.5 Å². The molecule has 2 atom stereocenters. The molecular weight excluding hydrogens is 264 g/mol. The smallest absolute Gasteiger partial charge is 0.241 e. The zero-order valence-corrected chi connectivity index (χ0v) is 12.1. The Morgan fingerprint density at radius 2 is 2.10 bits per heavy atom. The van der Waals surface area contributed by atoms with Crippen LogP contribution < -0.4 is 10.6 Å². The van der Waals surface area contributed by atoms with Crippen molar-refractivity contribution < 1.29 is 4.79 Å². The zero-order valence-electron chi connectivity index (χ0n) is 12.1. The van der Waals surface area contributed by atoms with Crippen LogP contribution in [-0.2, 0) is 4.79 Å². The van der Waals surface area contributed by atoms with Crippen molar-refractivity contribution in [1.82, 2.24) is 15.5 Å². The SMILES string of the molecule is CC1CCCNC1C(=O)Nc1ccc(-c2ccn[nH]2)cc1. The molecule has 1 aliphatic heterocycles. The Morgan fingerprint density at radius 1 is 1.29 bits per heavy atom. The lowest BCUT2D eigenvalue weighted by atomic mass is 9.92. The van der Waals surface area contributed by atoms with Gasteiger partial charge in [0.15, 0.2) is 0 Å². The second-order valence-electron chi connectivity index (χ2n) is 5.59. The van der Waals surface area contributed by atoms with Crippen molar-refractivity contribution >= 4 is 11.6 Å². The van der Waals surface area contributed by atoms with Crippen LogP contribution in [0.1, 0.15) is 19.8 Å². The van der Waals surface area contributed by atoms with Gasteiger partial charge in [-0.15, -0.1) is 0 Å². The summed E-state index contributed by atoms with van der Waals surface area (Å²) >= 11 is 0. The Kier molecular flexibility index (Phi) is 4.01. The highest BCUT2D eigenvalue weighted by Gasteiger charge is 2.27. The zero-order chi connectivity index (χ0) is 14.7. The van der Waals surface area contributed by atoms with Crippen molar-refractivity contribution in [2.45, 2.75) is 25.8 Å². The molecule has 1 amide bonds. The van der Waals surface area contributed by atoms with E-state index in [1.807, 2.05) is 30.3 Å². The van der Waals surface area contributed by atoms with Gasteiger partial charge < -0.3 is 10.6 Å². The number of aromatic nitrogens is 2. The number of amides is 1. The van der Waals surface area contributed by atoms with Crippen LogP contribution in [0.5, 0.6) is 0 Å². The van der Waals surface area contributed by atoms with E-state index >= 15 is 0 Å². The van der Waals surface area contributed by atoms with Gasteiger partial charge in [0.05, 0.1) is 11.7 Å². The van der Waals surface area contributed by atoms with Gasteiger partial charge in [-0.25, -0.2) is 0 Å². The summed E-state index contributed by atoms with van der Waals surface area (Å²) in [5.41, 5.74) is 2.84. The summed E-state index contributed by atoms with van der Waals surface area (Å²) in [6.45, 7) is 3.04. The van der Waals surface area contributed by atoms with E-state index in [9.17, 15) is 4.79 Å². The third-order valence-corrected chi connectivity index (χ3v) is 4.02. The molecule has 0 radical (unpaired) electrons. The number of hydrogen-bond donors (Lipinski definition) is 3. The summed E-state index contributed by atoms with van der Waals surface area (Å²) in [4.78, 5) is 12.3. The van der Waals surface area contributed by atoms with E-state index in [0.29, 0.717) is 5.92 Å². The number of aromatic amines is 1. The summed E-state index contributed by atoms with van der Waals surface area (Å²) in [5.74, 6) is 0.430. The lowest BCUT2D eigenvalue weighted by Gasteiger charge is -2.28. The first-order valence-corrected chi connectivity index (χ1v) is 7.38. The van der Waals surface area contributed by atoms with E-state index in [0.717, 1.165) is 36.3 Å². The van der Waals surface area contributed by atoms with Gasteiger partial charge in [-0.05, 0) is 49.1 Å². The van der Waals surface area contributed by atoms with Crippen LogP contribution in [0.2, 0.25) is 0 Å². The number of piperidine rings is 1. The number of H-pyrrole nitrogens is 1. The van der Waals surface area contributed by atoms with Gasteiger partial charge in [-0.2, -0.15) is 5.10 Å². The minimum Gasteiger partial charge on any atom is -0.325 e. The van der Waals surface area contributed by atoms with E-state index in [4.69, 9.17) is 0 Å². The highest BCUT2D eigenvalue weighted by atomic mass is 16.2. The number of carbonyl (C=O) groups excluding carboxylic acids is 1. The Labute approximate surface area is 124 Å². The first-order chi connectivity index (χ1) is 10.2. The molecule has 0 aliphatic carbocycles. The first kappa shape index (κ1) is 13.8. The summed E-state index contributed by atoms with van der Waals surface area (Å²) < 4.78 is 0. The molecule has 2 aromatic rings. The minimum absolute atomic E-state index is 0.0523. The van der Waals surface area contributed by atoms with Crippen LogP contribution in [0, 0.1) is 5.92 Å². The predicted molar refractivity (Wildman–Crippen MR) is 82.8 cm³/mol. The third kappa shape index (κ3) is 3.13. The highest BCUT2D eigenvalue weighted by molar-refractivity contribution is 5.95. The Balaban J connectivity index is 1.66. The second-order valence-corrected chi connectivity index (χ2v) is 5.59. The van der Waals surface area contributed by atoms with Crippen LogP contribution in [-0.4, -0.2) is 28.7 Å². The molecular formula is C16H20N4O. The van der Waals surface area contributed by atoms with Crippen LogP contribution >= 0.6 is 0 Å². The lowest BCUT2D eigenvalue weighted by Crippen LogP contribution is -2.48. The van der Waals surface area contributed by atoms with Gasteiger partial charge in [0, 0.05) is 11.9 Å². The van der Waals surface area contributed by atoms with Gasteiger partial charge in [0.25, 0.3) is 0 Å². The van der Waals surface area contributed by atoms with E-state index < -0.39 is 0 Å². The van der Waals surface area contributed by atoms with E-state index in [1.54, 1.807) is 6.20 Å². The molecule has 2 heterocycles. The number of nitrogens with one attached hydrogen (secondary N) is 3. The highest BCUT2D eigenvalue weighted by Crippen LogP contribution is 2.20. The summed E-state index contributed by atoms with van der Waals surface area (Å²) in [6, 6.07) is 9.61. The number of benzene rings is 1. The van der Waals surface area contributed by atoms with Crippen molar-refractivity contribution in [3.8, 4) is 11.3 Å². The normalized spacial score (nSPS) is 22.0. The second kappa shape index (κ2) is 6.10. The van der Waals surface area contributed by atoms with Crippen LogP contribution in [0.4, 0.5) is 5.69 Å². The lowest BCUT2D eigenvalue weighted by molar-refractivity contribution is -0.119. The maximum absolute atomic E-state index is 12.3. The minimum atomic E-state index is -0.0916. The van der Waals surface area contributed by atoms with Gasteiger partial charge in [-0.1, -0.05) is 19.1 Å². The molecule has 1 saturated heterocycles. The average molecular weight is 284 g/mol. The van der Waals surface area contributed by atoms with Gasteiger partial charge in [0.1, 0.15) is 0 Å². The molecule has 1 aromatic heterocycles. The van der Waals surface area contributed by atoms with Gasteiger partial charge >= 0.3 is 0 Å². The molecule has 110 valence electrons. The summed E-state index contributed by atoms with van der Waals surface area (Å²) in [6.07, 6.45) is 3.97. The molecule has 0 spiro atoms. The molecule has 0 bridgehead atoms. The maximum Gasteiger partial charge on any atom is 0.241 e. The quantitative estimate of drug-likeness (QED) is 0.810. The Hall–Kier alpha value is -2.14. The number of rotatable bonds is 3. The summed E-state index contributed by atoms with van der Waals surface area (Å²) in [5, 5.41) is 13.1. The fourth-order valence-corrected chi connectivity index (χ4v) is 2.77. The van der Waals surface area contributed by atoms with Crippen LogP contribution in [0.25, 0.3) is 11.3 Å². The Bertz CT molecular complexity index is 591. The third-order valence-electron chi connectivity index (χ3n) is 4.02.